The number of nitro groups is 1. The van der Waals surface area contributed by atoms with Crippen LogP contribution in [0.2, 0.25) is 0 Å². The maximum atomic E-state index is 12.3. The van der Waals surface area contributed by atoms with E-state index in [0.717, 1.165) is 29.1 Å². The van der Waals surface area contributed by atoms with Crippen LogP contribution in [0, 0.1) is 17.0 Å². The van der Waals surface area contributed by atoms with Gasteiger partial charge in [-0.05, 0) is 24.6 Å². The fourth-order valence-corrected chi connectivity index (χ4v) is 4.42. The maximum absolute atomic E-state index is 12.3. The van der Waals surface area contributed by atoms with Crippen LogP contribution in [-0.2, 0) is 16.1 Å². The Morgan fingerprint density at radius 1 is 1.18 bits per heavy atom. The number of aromatic nitrogens is 1. The number of nitrogens with one attached hydrogen (secondary N) is 2. The molecule has 0 aliphatic heterocycles. The van der Waals surface area contributed by atoms with Gasteiger partial charge in [0.25, 0.3) is 11.6 Å². The first kappa shape index (κ1) is 23.9. The standard InChI is InChI=1S/C21H18N4O6S2/c1-13-12-32-21(23-13)33-17-8-7-15(9-16(17)25(29)30)19(27)31-11-18(26)24-20(28)22-10-14-5-3-2-4-6-14/h2-9,12H,10-11H2,1H3,(H2,22,24,26,28). The summed E-state index contributed by atoms with van der Waals surface area (Å²) in [6, 6.07) is 12.2. The van der Waals surface area contributed by atoms with Crippen LogP contribution < -0.4 is 10.6 Å². The number of benzene rings is 2. The molecule has 0 aliphatic carbocycles. The lowest BCUT2D eigenvalue weighted by atomic mass is 10.2. The maximum Gasteiger partial charge on any atom is 0.338 e. The van der Waals surface area contributed by atoms with Gasteiger partial charge in [-0.2, -0.15) is 0 Å². The molecule has 0 bridgehead atoms. The highest BCUT2D eigenvalue weighted by Crippen LogP contribution is 2.36. The zero-order chi connectivity index (χ0) is 23.8. The molecule has 2 N–H and O–H groups in total. The molecule has 170 valence electrons. The molecule has 0 saturated carbocycles. The number of nitrogens with zero attached hydrogens (tertiary/aromatic N) is 2. The Balaban J connectivity index is 1.53. The Kier molecular flexibility index (Phi) is 8.11. The summed E-state index contributed by atoms with van der Waals surface area (Å²) < 4.78 is 5.51. The molecule has 3 amide bonds. The second kappa shape index (κ2) is 11.2. The molecular weight excluding hydrogens is 468 g/mol. The molecule has 0 aliphatic rings. The van der Waals surface area contributed by atoms with Gasteiger partial charge >= 0.3 is 12.0 Å². The van der Waals surface area contributed by atoms with Crippen LogP contribution in [0.5, 0.6) is 0 Å². The van der Waals surface area contributed by atoms with Crippen LogP contribution in [0.3, 0.4) is 0 Å². The van der Waals surface area contributed by atoms with E-state index >= 15 is 0 Å². The normalized spacial score (nSPS) is 10.3. The van der Waals surface area contributed by atoms with Crippen molar-refractivity contribution < 1.29 is 24.0 Å². The van der Waals surface area contributed by atoms with Crippen molar-refractivity contribution in [3.63, 3.8) is 0 Å². The molecule has 1 heterocycles. The van der Waals surface area contributed by atoms with Crippen molar-refractivity contribution in [3.05, 3.63) is 80.8 Å². The number of imide groups is 1. The monoisotopic (exact) mass is 486 g/mol. The van der Waals surface area contributed by atoms with E-state index in [4.69, 9.17) is 4.74 Å². The topological polar surface area (TPSA) is 141 Å². The van der Waals surface area contributed by atoms with E-state index in [2.05, 4.69) is 10.3 Å². The summed E-state index contributed by atoms with van der Waals surface area (Å²) in [5.74, 6) is -1.77. The van der Waals surface area contributed by atoms with E-state index in [0.29, 0.717) is 9.24 Å². The predicted octanol–water partition coefficient (Wildman–Crippen LogP) is 3.69. The van der Waals surface area contributed by atoms with Crippen molar-refractivity contribution in [2.45, 2.75) is 22.7 Å². The summed E-state index contributed by atoms with van der Waals surface area (Å²) in [4.78, 5) is 51.3. The van der Waals surface area contributed by atoms with Crippen LogP contribution in [-0.4, -0.2) is 34.4 Å². The Bertz CT molecular complexity index is 1180. The van der Waals surface area contributed by atoms with Gasteiger partial charge in [-0.3, -0.25) is 20.2 Å². The molecule has 0 saturated heterocycles. The van der Waals surface area contributed by atoms with Crippen molar-refractivity contribution in [2.75, 3.05) is 6.61 Å². The number of carbonyl (C=O) groups excluding carboxylic acids is 3. The van der Waals surface area contributed by atoms with E-state index in [9.17, 15) is 24.5 Å². The van der Waals surface area contributed by atoms with Gasteiger partial charge in [0.15, 0.2) is 10.9 Å². The summed E-state index contributed by atoms with van der Waals surface area (Å²) in [5, 5.41) is 17.8. The Hall–Kier alpha value is -3.77. The third-order valence-corrected chi connectivity index (χ3v) is 6.19. The van der Waals surface area contributed by atoms with Gasteiger partial charge in [0, 0.05) is 23.7 Å². The minimum atomic E-state index is -0.931. The third-order valence-electron chi connectivity index (χ3n) is 4.07. The smallest absolute Gasteiger partial charge is 0.338 e. The molecule has 1 aromatic heterocycles. The number of nitro benzene ring substituents is 1. The summed E-state index contributed by atoms with van der Waals surface area (Å²) in [6.45, 7) is 1.31. The lowest BCUT2D eigenvalue weighted by molar-refractivity contribution is -0.387. The number of aryl methyl sites for hydroxylation is 1. The first-order valence-corrected chi connectivity index (χ1v) is 11.2. The molecular formula is C21H18N4O6S2. The molecule has 3 aromatic rings. The fraction of sp³-hybridized carbons (Fsp3) is 0.143. The largest absolute Gasteiger partial charge is 0.452 e. The Morgan fingerprint density at radius 2 is 1.94 bits per heavy atom. The summed E-state index contributed by atoms with van der Waals surface area (Å²) in [5.41, 5.74) is 1.27. The summed E-state index contributed by atoms with van der Waals surface area (Å²) >= 11 is 2.47. The van der Waals surface area contributed by atoms with Gasteiger partial charge in [0.1, 0.15) is 0 Å². The quantitative estimate of drug-likeness (QED) is 0.279. The number of ether oxygens (including phenoxy) is 1. The molecule has 0 atom stereocenters. The number of esters is 1. The molecule has 2 aromatic carbocycles. The van der Waals surface area contributed by atoms with E-state index in [-0.39, 0.29) is 17.8 Å². The summed E-state index contributed by atoms with van der Waals surface area (Å²) in [6.07, 6.45) is 0. The van der Waals surface area contributed by atoms with Crippen LogP contribution in [0.15, 0.2) is 63.1 Å². The minimum Gasteiger partial charge on any atom is -0.452 e. The predicted molar refractivity (Wildman–Crippen MR) is 121 cm³/mol. The van der Waals surface area contributed by atoms with Crippen molar-refractivity contribution in [2.24, 2.45) is 0 Å². The number of rotatable bonds is 8. The van der Waals surface area contributed by atoms with Gasteiger partial charge in [-0.1, -0.05) is 42.1 Å². The van der Waals surface area contributed by atoms with Crippen molar-refractivity contribution in [1.82, 2.24) is 15.6 Å². The molecule has 10 nitrogen and oxygen atoms in total. The highest BCUT2D eigenvalue weighted by Gasteiger charge is 2.21. The molecule has 0 unspecified atom stereocenters. The highest BCUT2D eigenvalue weighted by atomic mass is 32.2. The van der Waals surface area contributed by atoms with E-state index < -0.39 is 29.4 Å². The van der Waals surface area contributed by atoms with Crippen molar-refractivity contribution in [3.8, 4) is 0 Å². The number of urea groups is 1. The van der Waals surface area contributed by atoms with Gasteiger partial charge in [0.05, 0.1) is 15.4 Å². The van der Waals surface area contributed by atoms with Gasteiger partial charge < -0.3 is 10.1 Å². The SMILES string of the molecule is Cc1csc(Sc2ccc(C(=O)OCC(=O)NC(=O)NCc3ccccc3)cc2[N+](=O)[O-])n1. The number of carbonyl (C=O) groups is 3. The second-order valence-corrected chi connectivity index (χ2v) is 8.74. The highest BCUT2D eigenvalue weighted by molar-refractivity contribution is 8.01. The van der Waals surface area contributed by atoms with Gasteiger partial charge in [0.2, 0.25) is 0 Å². The number of hydrogen-bond donors (Lipinski definition) is 2. The lowest BCUT2D eigenvalue weighted by Crippen LogP contribution is -2.41. The van der Waals surface area contributed by atoms with Crippen LogP contribution in [0.1, 0.15) is 21.6 Å². The fourth-order valence-electron chi connectivity index (χ4n) is 2.55. The van der Waals surface area contributed by atoms with Crippen molar-refractivity contribution in [1.29, 1.82) is 0 Å². The van der Waals surface area contributed by atoms with Crippen LogP contribution >= 0.6 is 23.1 Å². The van der Waals surface area contributed by atoms with E-state index in [1.165, 1.54) is 23.5 Å². The first-order valence-electron chi connectivity index (χ1n) is 9.49. The zero-order valence-electron chi connectivity index (χ0n) is 17.3. The first-order chi connectivity index (χ1) is 15.8. The van der Waals surface area contributed by atoms with Crippen LogP contribution in [0.25, 0.3) is 0 Å². The number of hydrogen-bond acceptors (Lipinski definition) is 9. The third kappa shape index (κ3) is 7.12. The Morgan fingerprint density at radius 3 is 2.61 bits per heavy atom. The minimum absolute atomic E-state index is 0.0947. The molecule has 33 heavy (non-hydrogen) atoms. The average Bonchev–Trinajstić information content (AvgIpc) is 3.21. The van der Waals surface area contributed by atoms with Crippen molar-refractivity contribution >= 4 is 46.7 Å². The number of thiazole rings is 1. The summed E-state index contributed by atoms with van der Waals surface area (Å²) in [7, 11) is 0. The van der Waals surface area contributed by atoms with Gasteiger partial charge in [-0.15, -0.1) is 11.3 Å². The number of amides is 3. The molecule has 12 heteroatoms. The van der Waals surface area contributed by atoms with E-state index in [1.807, 2.05) is 48.0 Å². The second-order valence-electron chi connectivity index (χ2n) is 6.59. The lowest BCUT2D eigenvalue weighted by Gasteiger charge is -2.08. The van der Waals surface area contributed by atoms with E-state index in [1.54, 1.807) is 0 Å². The average molecular weight is 487 g/mol. The molecule has 3 rings (SSSR count). The Labute approximate surface area is 196 Å². The van der Waals surface area contributed by atoms with Crippen LogP contribution in [0.4, 0.5) is 10.5 Å². The van der Waals surface area contributed by atoms with Gasteiger partial charge in [-0.25, -0.2) is 14.6 Å². The molecule has 0 radical (unpaired) electrons. The zero-order valence-corrected chi connectivity index (χ0v) is 18.9. The molecule has 0 spiro atoms. The molecule has 0 fully saturated rings.